The largest absolute Gasteiger partial charge is 0.411 e. The molecule has 0 atom stereocenters. The molecule has 0 aromatic heterocycles. The highest BCUT2D eigenvalue weighted by atomic mass is 28.4. The Bertz CT molecular complexity index is 647. The van der Waals surface area contributed by atoms with E-state index < -0.39 is 16.6 Å². The first-order valence-corrected chi connectivity index (χ1v) is 17.5. The van der Waals surface area contributed by atoms with E-state index in [0.717, 1.165) is 38.9 Å². The van der Waals surface area contributed by atoms with Gasteiger partial charge in [0.25, 0.3) is 0 Å². The van der Waals surface area contributed by atoms with Gasteiger partial charge >= 0.3 is 0 Å². The van der Waals surface area contributed by atoms with Gasteiger partial charge in [-0.3, -0.25) is 0 Å². The monoisotopic (exact) mass is 506 g/mol. The molecule has 1 aromatic carbocycles. The van der Waals surface area contributed by atoms with Gasteiger partial charge in [-0.25, -0.2) is 0 Å². The Morgan fingerprint density at radius 1 is 0.500 bits per heavy atom. The zero-order valence-corrected chi connectivity index (χ0v) is 27.4. The predicted octanol–water partition coefficient (Wildman–Crippen LogP) is 8.83. The molecule has 0 fully saturated rings. The Labute approximate surface area is 215 Å². The molecule has 0 radical (unpaired) electrons. The zero-order valence-electron chi connectivity index (χ0n) is 25.4. The fraction of sp³-hybridized carbons (Fsp3) is 0.800. The summed E-state index contributed by atoms with van der Waals surface area (Å²) in [4.78, 5) is 0. The highest BCUT2D eigenvalue weighted by Gasteiger charge is 2.58. The molecule has 0 bridgehead atoms. The molecule has 0 N–H and O–H groups in total. The summed E-state index contributed by atoms with van der Waals surface area (Å²) in [5, 5.41) is 3.18. The number of hydrogen-bond acceptors (Lipinski definition) is 2. The SMILES string of the molecule is CCCCO[Si](c1ccc([Si](OCCCC)(C(C)(C)C)C(C)(C)C)cc1)(C(C)(C)C)C(C)(C)C. The third kappa shape index (κ3) is 6.10. The molecule has 1 rings (SSSR count). The lowest BCUT2D eigenvalue weighted by Crippen LogP contribution is -2.66. The topological polar surface area (TPSA) is 18.5 Å². The minimum Gasteiger partial charge on any atom is -0.411 e. The van der Waals surface area contributed by atoms with Gasteiger partial charge < -0.3 is 8.85 Å². The zero-order chi connectivity index (χ0) is 26.6. The molecule has 0 saturated carbocycles. The summed E-state index contributed by atoms with van der Waals surface area (Å²) in [5.41, 5.74) is 0. The highest BCUT2D eigenvalue weighted by molar-refractivity contribution is 6.92. The van der Waals surface area contributed by atoms with Crippen LogP contribution in [0.4, 0.5) is 0 Å². The average molecular weight is 507 g/mol. The molecule has 0 heterocycles. The number of unbranched alkanes of at least 4 members (excludes halogenated alkanes) is 2. The third-order valence-electron chi connectivity index (χ3n) is 7.56. The molecule has 2 nitrogen and oxygen atoms in total. The van der Waals surface area contributed by atoms with E-state index in [-0.39, 0.29) is 20.2 Å². The van der Waals surface area contributed by atoms with Gasteiger partial charge in [-0.1, -0.05) is 134 Å². The number of hydrogen-bond donors (Lipinski definition) is 0. The summed E-state index contributed by atoms with van der Waals surface area (Å²) >= 11 is 0. The van der Waals surface area contributed by atoms with Crippen molar-refractivity contribution in [2.24, 2.45) is 0 Å². The quantitative estimate of drug-likeness (QED) is 0.233. The van der Waals surface area contributed by atoms with Crippen LogP contribution in [-0.2, 0) is 8.85 Å². The molecule has 0 aliphatic carbocycles. The van der Waals surface area contributed by atoms with E-state index in [1.807, 2.05) is 0 Å². The molecule has 1 aromatic rings. The molecule has 0 unspecified atom stereocenters. The van der Waals surface area contributed by atoms with Crippen molar-refractivity contribution in [2.75, 3.05) is 13.2 Å². The maximum Gasteiger partial charge on any atom is 0.234 e. The van der Waals surface area contributed by atoms with Gasteiger partial charge in [0.1, 0.15) is 0 Å². The summed E-state index contributed by atoms with van der Waals surface area (Å²) in [6.45, 7) is 34.9. The van der Waals surface area contributed by atoms with Crippen LogP contribution in [0.3, 0.4) is 0 Å². The lowest BCUT2D eigenvalue weighted by atomic mass is 10.2. The van der Waals surface area contributed by atoms with Gasteiger partial charge in [0.2, 0.25) is 16.6 Å². The van der Waals surface area contributed by atoms with E-state index in [0.29, 0.717) is 0 Å². The molecule has 0 spiro atoms. The van der Waals surface area contributed by atoms with Crippen LogP contribution >= 0.6 is 0 Å². The molecule has 198 valence electrons. The van der Waals surface area contributed by atoms with Crippen LogP contribution in [0.25, 0.3) is 0 Å². The van der Waals surface area contributed by atoms with Crippen molar-refractivity contribution >= 4 is 27.0 Å². The van der Waals surface area contributed by atoms with Crippen LogP contribution in [0, 0.1) is 0 Å². The Hall–Kier alpha value is -0.426. The summed E-state index contributed by atoms with van der Waals surface area (Å²) in [7, 11) is -4.68. The van der Waals surface area contributed by atoms with Crippen LogP contribution in [0.1, 0.15) is 123 Å². The van der Waals surface area contributed by atoms with Crippen molar-refractivity contribution < 1.29 is 8.85 Å². The molecular weight excluding hydrogens is 449 g/mol. The molecule has 34 heavy (non-hydrogen) atoms. The van der Waals surface area contributed by atoms with Gasteiger partial charge in [0.15, 0.2) is 0 Å². The Morgan fingerprint density at radius 2 is 0.735 bits per heavy atom. The van der Waals surface area contributed by atoms with Gasteiger partial charge in [0.05, 0.1) is 0 Å². The first-order chi connectivity index (χ1) is 15.3. The maximum absolute atomic E-state index is 7.04. The summed E-state index contributed by atoms with van der Waals surface area (Å²) in [6.07, 6.45) is 4.57. The predicted molar refractivity (Wildman–Crippen MR) is 158 cm³/mol. The van der Waals surface area contributed by atoms with Crippen LogP contribution in [-0.4, -0.2) is 29.8 Å². The van der Waals surface area contributed by atoms with E-state index in [9.17, 15) is 0 Å². The Balaban J connectivity index is 3.77. The van der Waals surface area contributed by atoms with E-state index in [1.165, 1.54) is 10.4 Å². The number of rotatable bonds is 10. The van der Waals surface area contributed by atoms with E-state index in [2.05, 4.69) is 121 Å². The van der Waals surface area contributed by atoms with E-state index in [1.54, 1.807) is 0 Å². The fourth-order valence-corrected chi connectivity index (χ4v) is 18.9. The molecule has 0 aliphatic rings. The first kappa shape index (κ1) is 31.6. The summed E-state index contributed by atoms with van der Waals surface area (Å²) in [6, 6.07) is 9.69. The number of benzene rings is 1. The standard InChI is InChI=1S/C30H58O2Si2/c1-15-17-23-31-33(27(3,4)5,28(6,7)8)25-19-21-26(22-20-25)34(29(9,10)11,30(12,13)14)32-24-18-16-2/h19-22H,15-18,23-24H2,1-14H3. The van der Waals surface area contributed by atoms with Gasteiger partial charge in [-0.05, 0) is 43.4 Å². The summed E-state index contributed by atoms with van der Waals surface area (Å²) in [5.74, 6) is 0. The van der Waals surface area contributed by atoms with Crippen molar-refractivity contribution in [3.63, 3.8) is 0 Å². The Morgan fingerprint density at radius 3 is 0.912 bits per heavy atom. The second kappa shape index (κ2) is 11.3. The van der Waals surface area contributed by atoms with Crippen LogP contribution < -0.4 is 10.4 Å². The molecule has 0 amide bonds. The van der Waals surface area contributed by atoms with E-state index in [4.69, 9.17) is 8.85 Å². The lowest BCUT2D eigenvalue weighted by Gasteiger charge is -2.52. The van der Waals surface area contributed by atoms with Crippen molar-refractivity contribution in [1.82, 2.24) is 0 Å². The second-order valence-corrected chi connectivity index (χ2v) is 24.8. The second-order valence-electron chi connectivity index (χ2n) is 14.3. The lowest BCUT2D eigenvalue weighted by molar-refractivity contribution is 0.261. The maximum atomic E-state index is 7.04. The smallest absolute Gasteiger partial charge is 0.234 e. The normalized spacial score (nSPS) is 14.5. The Kier molecular flexibility index (Phi) is 10.5. The van der Waals surface area contributed by atoms with Crippen molar-refractivity contribution in [1.29, 1.82) is 0 Å². The van der Waals surface area contributed by atoms with Crippen LogP contribution in [0.2, 0.25) is 20.2 Å². The molecule has 0 saturated heterocycles. The molecular formula is C30H58O2Si2. The summed E-state index contributed by atoms with van der Waals surface area (Å²) < 4.78 is 14.1. The minimum absolute atomic E-state index is 0.0840. The van der Waals surface area contributed by atoms with E-state index >= 15 is 0 Å². The van der Waals surface area contributed by atoms with Crippen molar-refractivity contribution in [3.05, 3.63) is 24.3 Å². The first-order valence-electron chi connectivity index (χ1n) is 13.7. The van der Waals surface area contributed by atoms with Crippen molar-refractivity contribution in [2.45, 2.75) is 143 Å². The minimum atomic E-state index is -2.34. The van der Waals surface area contributed by atoms with Crippen molar-refractivity contribution in [3.8, 4) is 0 Å². The highest BCUT2D eigenvalue weighted by Crippen LogP contribution is 2.53. The third-order valence-corrected chi connectivity index (χ3v) is 19.6. The van der Waals surface area contributed by atoms with Gasteiger partial charge in [0, 0.05) is 13.2 Å². The van der Waals surface area contributed by atoms with Gasteiger partial charge in [-0.2, -0.15) is 0 Å². The fourth-order valence-electron chi connectivity index (χ4n) is 6.69. The molecule has 4 heteroatoms. The van der Waals surface area contributed by atoms with Crippen LogP contribution in [0.15, 0.2) is 24.3 Å². The molecule has 0 aliphatic heterocycles. The average Bonchev–Trinajstić information content (AvgIpc) is 2.65. The van der Waals surface area contributed by atoms with Gasteiger partial charge in [-0.15, -0.1) is 0 Å². The van der Waals surface area contributed by atoms with Crippen LogP contribution in [0.5, 0.6) is 0 Å².